The van der Waals surface area contributed by atoms with E-state index in [9.17, 15) is 9.18 Å². The third-order valence-electron chi connectivity index (χ3n) is 2.90. The quantitative estimate of drug-likeness (QED) is 0.806. The lowest BCUT2D eigenvalue weighted by atomic mass is 10.1. The molecule has 2 rings (SSSR count). The fourth-order valence-corrected chi connectivity index (χ4v) is 1.86. The van der Waals surface area contributed by atoms with Gasteiger partial charge in [-0.15, -0.1) is 0 Å². The van der Waals surface area contributed by atoms with Crippen LogP contribution in [0.4, 0.5) is 4.39 Å². The van der Waals surface area contributed by atoms with Gasteiger partial charge in [0.15, 0.2) is 0 Å². The smallest absolute Gasteiger partial charge is 0.136 e. The minimum Gasteiger partial charge on any atom is -0.316 e. The molecule has 0 bridgehead atoms. The van der Waals surface area contributed by atoms with E-state index in [2.05, 4.69) is 10.6 Å². The number of nitrogens with one attached hydrogen (secondary N) is 2. The van der Waals surface area contributed by atoms with Gasteiger partial charge < -0.3 is 15.4 Å². The molecular formula is C14H21FN2O. The second-order valence-corrected chi connectivity index (χ2v) is 4.42. The van der Waals surface area contributed by atoms with E-state index in [-0.39, 0.29) is 11.9 Å². The molecule has 1 aliphatic heterocycles. The van der Waals surface area contributed by atoms with E-state index < -0.39 is 0 Å². The zero-order valence-electron chi connectivity index (χ0n) is 11.0. The second kappa shape index (κ2) is 7.95. The number of halogens is 1. The minimum absolute atomic E-state index is 0.0955. The van der Waals surface area contributed by atoms with Gasteiger partial charge in [-0.25, -0.2) is 4.39 Å². The fraction of sp³-hybridized carbons (Fsp3) is 0.500. The predicted octanol–water partition coefficient (Wildman–Crippen LogP) is 1.79. The molecular weight excluding hydrogens is 231 g/mol. The average Bonchev–Trinajstić information content (AvgIpc) is 2.89. The first kappa shape index (κ1) is 14.8. The van der Waals surface area contributed by atoms with Gasteiger partial charge in [0.05, 0.1) is 6.04 Å². The van der Waals surface area contributed by atoms with Crippen LogP contribution >= 0.6 is 0 Å². The van der Waals surface area contributed by atoms with Crippen molar-refractivity contribution in [3.63, 3.8) is 0 Å². The number of carbonyl (C=O) groups excluding carboxylic acids is 1. The van der Waals surface area contributed by atoms with E-state index in [1.807, 2.05) is 13.1 Å². The molecule has 0 spiro atoms. The highest BCUT2D eigenvalue weighted by Crippen LogP contribution is 2.10. The predicted molar refractivity (Wildman–Crippen MR) is 71.0 cm³/mol. The van der Waals surface area contributed by atoms with Gasteiger partial charge in [0.25, 0.3) is 0 Å². The molecule has 0 saturated carbocycles. The summed E-state index contributed by atoms with van der Waals surface area (Å²) < 4.78 is 13.1. The molecule has 1 aromatic rings. The minimum atomic E-state index is -0.0955. The van der Waals surface area contributed by atoms with Gasteiger partial charge >= 0.3 is 0 Å². The van der Waals surface area contributed by atoms with Gasteiger partial charge in [0, 0.05) is 12.1 Å². The lowest BCUT2D eigenvalue weighted by Crippen LogP contribution is -2.21. The number of carbonyl (C=O) groups is 1. The Morgan fingerprint density at radius 2 is 2.33 bits per heavy atom. The fourth-order valence-electron chi connectivity index (χ4n) is 1.86. The molecule has 1 aliphatic rings. The van der Waals surface area contributed by atoms with Crippen LogP contribution in [0.2, 0.25) is 0 Å². The van der Waals surface area contributed by atoms with Crippen LogP contribution in [0, 0.1) is 12.7 Å². The molecule has 0 aromatic heterocycles. The molecule has 2 N–H and O–H groups in total. The molecule has 3 nitrogen and oxygen atoms in total. The monoisotopic (exact) mass is 252 g/mol. The molecule has 0 amide bonds. The van der Waals surface area contributed by atoms with Crippen LogP contribution in [0.3, 0.4) is 0 Å². The van der Waals surface area contributed by atoms with E-state index in [1.54, 1.807) is 19.1 Å². The molecule has 100 valence electrons. The summed E-state index contributed by atoms with van der Waals surface area (Å²) in [5.74, 6) is -0.0955. The highest BCUT2D eigenvalue weighted by molar-refractivity contribution is 5.57. The molecule has 1 fully saturated rings. The summed E-state index contributed by atoms with van der Waals surface area (Å²) in [5.41, 5.74) is 1.44. The third kappa shape index (κ3) is 4.55. The van der Waals surface area contributed by atoms with E-state index in [4.69, 9.17) is 0 Å². The van der Waals surface area contributed by atoms with E-state index >= 15 is 0 Å². The van der Waals surface area contributed by atoms with Crippen LogP contribution in [0.15, 0.2) is 18.2 Å². The van der Waals surface area contributed by atoms with Gasteiger partial charge in [-0.2, -0.15) is 0 Å². The number of rotatable bonds is 3. The Morgan fingerprint density at radius 1 is 1.56 bits per heavy atom. The van der Waals surface area contributed by atoms with E-state index in [0.29, 0.717) is 12.1 Å². The SMILES string of the molecule is CNCc1cccc(C)c1F.O=CC1CCCN1. The Bertz CT molecular complexity index is 376. The highest BCUT2D eigenvalue weighted by Gasteiger charge is 2.10. The standard InChI is InChI=1S/C9H12FN.C5H9NO/c1-7-4-3-5-8(6-11-2)9(7)10;7-4-5-2-1-3-6-5/h3-5,11H,6H2,1-2H3;4-6H,1-3H2. The third-order valence-corrected chi connectivity index (χ3v) is 2.90. The average molecular weight is 252 g/mol. The Balaban J connectivity index is 0.000000199. The normalized spacial score (nSPS) is 18.1. The van der Waals surface area contributed by atoms with Crippen LogP contribution in [0.25, 0.3) is 0 Å². The molecule has 1 heterocycles. The first-order chi connectivity index (χ1) is 8.69. The van der Waals surface area contributed by atoms with Crippen molar-refractivity contribution in [3.05, 3.63) is 35.1 Å². The Kier molecular flexibility index (Phi) is 6.54. The molecule has 1 atom stereocenters. The van der Waals surface area contributed by atoms with Crippen molar-refractivity contribution in [2.45, 2.75) is 32.4 Å². The zero-order valence-corrected chi connectivity index (χ0v) is 11.0. The van der Waals surface area contributed by atoms with Gasteiger partial charge in [-0.05, 0) is 38.9 Å². The number of aryl methyl sites for hydroxylation is 1. The molecule has 1 saturated heterocycles. The van der Waals surface area contributed by atoms with E-state index in [0.717, 1.165) is 31.2 Å². The van der Waals surface area contributed by atoms with Gasteiger partial charge in [-0.1, -0.05) is 18.2 Å². The number of aldehydes is 1. The summed E-state index contributed by atoms with van der Waals surface area (Å²) in [6, 6.07) is 5.60. The Labute approximate surface area is 108 Å². The van der Waals surface area contributed by atoms with Crippen LogP contribution in [-0.4, -0.2) is 25.9 Å². The largest absolute Gasteiger partial charge is 0.316 e. The van der Waals surface area contributed by atoms with Crippen LogP contribution in [0.1, 0.15) is 24.0 Å². The van der Waals surface area contributed by atoms with Crippen molar-refractivity contribution >= 4 is 6.29 Å². The summed E-state index contributed by atoms with van der Waals surface area (Å²) in [5, 5.41) is 5.95. The maximum Gasteiger partial charge on any atom is 0.136 e. The van der Waals surface area contributed by atoms with Crippen molar-refractivity contribution < 1.29 is 9.18 Å². The van der Waals surface area contributed by atoms with Crippen molar-refractivity contribution in [1.82, 2.24) is 10.6 Å². The molecule has 18 heavy (non-hydrogen) atoms. The zero-order chi connectivity index (χ0) is 13.4. The van der Waals surface area contributed by atoms with Crippen LogP contribution in [0.5, 0.6) is 0 Å². The van der Waals surface area contributed by atoms with Crippen molar-refractivity contribution in [3.8, 4) is 0 Å². The summed E-state index contributed by atoms with van der Waals surface area (Å²) in [6.07, 6.45) is 3.17. The first-order valence-electron chi connectivity index (χ1n) is 6.26. The highest BCUT2D eigenvalue weighted by atomic mass is 19.1. The summed E-state index contributed by atoms with van der Waals surface area (Å²) in [6.45, 7) is 3.38. The van der Waals surface area contributed by atoms with Crippen molar-refractivity contribution in [2.24, 2.45) is 0 Å². The maximum atomic E-state index is 13.1. The molecule has 0 radical (unpaired) electrons. The van der Waals surface area contributed by atoms with Crippen molar-refractivity contribution in [2.75, 3.05) is 13.6 Å². The van der Waals surface area contributed by atoms with Crippen molar-refractivity contribution in [1.29, 1.82) is 0 Å². The molecule has 1 aromatic carbocycles. The number of benzene rings is 1. The van der Waals surface area contributed by atoms with Gasteiger partial charge in [0.1, 0.15) is 12.1 Å². The Morgan fingerprint density at radius 3 is 2.83 bits per heavy atom. The summed E-state index contributed by atoms with van der Waals surface area (Å²) in [7, 11) is 1.81. The Hall–Kier alpha value is -1.26. The van der Waals surface area contributed by atoms with Gasteiger partial charge in [-0.3, -0.25) is 0 Å². The summed E-state index contributed by atoms with van der Waals surface area (Å²) in [4.78, 5) is 9.94. The maximum absolute atomic E-state index is 13.1. The van der Waals surface area contributed by atoms with Crippen LogP contribution in [-0.2, 0) is 11.3 Å². The number of hydrogen-bond acceptors (Lipinski definition) is 3. The molecule has 0 aliphatic carbocycles. The van der Waals surface area contributed by atoms with Crippen LogP contribution < -0.4 is 10.6 Å². The molecule has 4 heteroatoms. The molecule has 1 unspecified atom stereocenters. The second-order valence-electron chi connectivity index (χ2n) is 4.42. The number of hydrogen-bond donors (Lipinski definition) is 2. The first-order valence-corrected chi connectivity index (χ1v) is 6.26. The lowest BCUT2D eigenvalue weighted by molar-refractivity contribution is -0.109. The lowest BCUT2D eigenvalue weighted by Gasteiger charge is -2.03. The topological polar surface area (TPSA) is 41.1 Å². The van der Waals surface area contributed by atoms with E-state index in [1.165, 1.54) is 0 Å². The van der Waals surface area contributed by atoms with Gasteiger partial charge in [0.2, 0.25) is 0 Å². The summed E-state index contributed by atoms with van der Waals surface area (Å²) >= 11 is 0.